The Morgan fingerprint density at radius 3 is 2.62 bits per heavy atom. The molecule has 2 rings (SSSR count). The van der Waals surface area contributed by atoms with E-state index in [1.807, 2.05) is 0 Å². The summed E-state index contributed by atoms with van der Waals surface area (Å²) in [5.41, 5.74) is 1.32. The van der Waals surface area contributed by atoms with E-state index in [2.05, 4.69) is 10.3 Å². The number of nitrogens with one attached hydrogen (secondary N) is 1. The minimum atomic E-state index is -0.477. The topological polar surface area (TPSA) is 88.3 Å². The lowest BCUT2D eigenvalue weighted by molar-refractivity contribution is -0.385. The summed E-state index contributed by atoms with van der Waals surface area (Å²) in [5.74, 6) is 0.465. The standard InChI is InChI=1S/C14H14ClN3O3/c1-9-6-14(16-7-13(9)18(20)21)17-12(8-19)10-2-4-11(15)5-3-10/h2-7,12,19H,8H2,1H3,(H,16,17). The molecule has 1 atom stereocenters. The first-order valence-electron chi connectivity index (χ1n) is 6.25. The first kappa shape index (κ1) is 15.2. The molecule has 1 aromatic carbocycles. The van der Waals surface area contributed by atoms with Gasteiger partial charge in [-0.25, -0.2) is 4.98 Å². The molecular formula is C14H14ClN3O3. The fourth-order valence-electron chi connectivity index (χ4n) is 1.93. The average molecular weight is 308 g/mol. The van der Waals surface area contributed by atoms with Gasteiger partial charge in [0.05, 0.1) is 17.6 Å². The van der Waals surface area contributed by atoms with E-state index >= 15 is 0 Å². The normalized spacial score (nSPS) is 12.0. The van der Waals surface area contributed by atoms with Crippen molar-refractivity contribution in [2.45, 2.75) is 13.0 Å². The van der Waals surface area contributed by atoms with Gasteiger partial charge in [0.15, 0.2) is 0 Å². The minimum absolute atomic E-state index is 0.0346. The van der Waals surface area contributed by atoms with E-state index in [-0.39, 0.29) is 18.3 Å². The number of aliphatic hydroxyl groups excluding tert-OH is 1. The molecule has 21 heavy (non-hydrogen) atoms. The maximum atomic E-state index is 10.8. The van der Waals surface area contributed by atoms with Crippen LogP contribution in [0.25, 0.3) is 0 Å². The lowest BCUT2D eigenvalue weighted by Crippen LogP contribution is -2.15. The maximum Gasteiger partial charge on any atom is 0.290 e. The molecule has 0 spiro atoms. The highest BCUT2D eigenvalue weighted by atomic mass is 35.5. The quantitative estimate of drug-likeness (QED) is 0.654. The lowest BCUT2D eigenvalue weighted by Gasteiger charge is -2.17. The SMILES string of the molecule is Cc1cc(NC(CO)c2ccc(Cl)cc2)ncc1[N+](=O)[O-]. The number of pyridine rings is 1. The Morgan fingerprint density at radius 2 is 2.10 bits per heavy atom. The second kappa shape index (κ2) is 6.51. The molecule has 7 heteroatoms. The van der Waals surface area contributed by atoms with Crippen molar-refractivity contribution in [3.63, 3.8) is 0 Å². The Hall–Kier alpha value is -2.18. The van der Waals surface area contributed by atoms with E-state index in [1.165, 1.54) is 6.20 Å². The molecule has 0 aliphatic rings. The summed E-state index contributed by atoms with van der Waals surface area (Å²) in [6.45, 7) is 1.50. The van der Waals surface area contributed by atoms with Crippen LogP contribution in [0, 0.1) is 17.0 Å². The van der Waals surface area contributed by atoms with E-state index in [0.29, 0.717) is 16.4 Å². The van der Waals surface area contributed by atoms with Gasteiger partial charge in [-0.05, 0) is 30.7 Å². The largest absolute Gasteiger partial charge is 0.394 e. The van der Waals surface area contributed by atoms with Crippen molar-refractivity contribution >= 4 is 23.1 Å². The van der Waals surface area contributed by atoms with Crippen molar-refractivity contribution in [1.82, 2.24) is 4.98 Å². The molecule has 2 N–H and O–H groups in total. The third-order valence-corrected chi connectivity index (χ3v) is 3.31. The van der Waals surface area contributed by atoms with Crippen LogP contribution in [-0.2, 0) is 0 Å². The highest BCUT2D eigenvalue weighted by Gasteiger charge is 2.15. The number of nitro groups is 1. The van der Waals surface area contributed by atoms with E-state index in [0.717, 1.165) is 5.56 Å². The number of benzene rings is 1. The molecule has 0 radical (unpaired) electrons. The molecule has 0 fully saturated rings. The predicted octanol–water partition coefficient (Wildman–Crippen LogP) is 3.10. The van der Waals surface area contributed by atoms with Gasteiger partial charge in [-0.3, -0.25) is 10.1 Å². The van der Waals surface area contributed by atoms with Gasteiger partial charge >= 0.3 is 0 Å². The molecule has 0 aliphatic heterocycles. The Bertz CT molecular complexity index is 646. The molecule has 0 aliphatic carbocycles. The summed E-state index contributed by atoms with van der Waals surface area (Å²) >= 11 is 5.83. The first-order valence-corrected chi connectivity index (χ1v) is 6.63. The monoisotopic (exact) mass is 307 g/mol. The van der Waals surface area contributed by atoms with Crippen molar-refractivity contribution in [1.29, 1.82) is 0 Å². The number of hydrogen-bond acceptors (Lipinski definition) is 5. The molecule has 110 valence electrons. The zero-order chi connectivity index (χ0) is 15.4. The Labute approximate surface area is 126 Å². The van der Waals surface area contributed by atoms with Crippen LogP contribution in [0.1, 0.15) is 17.2 Å². The van der Waals surface area contributed by atoms with Crippen LogP contribution in [-0.4, -0.2) is 21.6 Å². The van der Waals surface area contributed by atoms with Crippen molar-refractivity contribution < 1.29 is 10.0 Å². The predicted molar refractivity (Wildman–Crippen MR) is 80.5 cm³/mol. The van der Waals surface area contributed by atoms with Crippen LogP contribution in [0.15, 0.2) is 36.5 Å². The number of rotatable bonds is 5. The minimum Gasteiger partial charge on any atom is -0.394 e. The van der Waals surface area contributed by atoms with Gasteiger partial charge in [0.25, 0.3) is 5.69 Å². The average Bonchev–Trinajstić information content (AvgIpc) is 2.45. The van der Waals surface area contributed by atoms with Crippen molar-refractivity contribution in [2.75, 3.05) is 11.9 Å². The van der Waals surface area contributed by atoms with Crippen molar-refractivity contribution in [2.24, 2.45) is 0 Å². The number of anilines is 1. The van der Waals surface area contributed by atoms with E-state index in [9.17, 15) is 15.2 Å². The van der Waals surface area contributed by atoms with Gasteiger partial charge in [-0.2, -0.15) is 0 Å². The number of hydrogen-bond donors (Lipinski definition) is 2. The number of aliphatic hydroxyl groups is 1. The van der Waals surface area contributed by atoms with Crippen LogP contribution in [0.4, 0.5) is 11.5 Å². The van der Waals surface area contributed by atoms with Gasteiger partial charge in [0, 0.05) is 10.6 Å². The van der Waals surface area contributed by atoms with E-state index in [1.54, 1.807) is 37.3 Å². The van der Waals surface area contributed by atoms with Crippen molar-refractivity contribution in [3.8, 4) is 0 Å². The van der Waals surface area contributed by atoms with Gasteiger partial charge in [0.1, 0.15) is 12.0 Å². The zero-order valence-corrected chi connectivity index (χ0v) is 12.0. The van der Waals surface area contributed by atoms with Gasteiger partial charge in [0.2, 0.25) is 0 Å². The molecule has 2 aromatic rings. The second-order valence-corrected chi connectivity index (χ2v) is 4.98. The fourth-order valence-corrected chi connectivity index (χ4v) is 2.05. The fraction of sp³-hybridized carbons (Fsp3) is 0.214. The summed E-state index contributed by atoms with van der Waals surface area (Å²) in [7, 11) is 0. The van der Waals surface area contributed by atoms with Crippen LogP contribution in [0.5, 0.6) is 0 Å². The van der Waals surface area contributed by atoms with Crippen LogP contribution >= 0.6 is 11.6 Å². The van der Waals surface area contributed by atoms with Crippen LogP contribution in [0.3, 0.4) is 0 Å². The van der Waals surface area contributed by atoms with Crippen molar-refractivity contribution in [3.05, 3.63) is 62.8 Å². The molecular weight excluding hydrogens is 294 g/mol. The number of nitrogens with zero attached hydrogens (tertiary/aromatic N) is 2. The maximum absolute atomic E-state index is 10.8. The molecule has 0 amide bonds. The Kier molecular flexibility index (Phi) is 4.72. The molecule has 1 aromatic heterocycles. The lowest BCUT2D eigenvalue weighted by atomic mass is 10.1. The molecule has 0 bridgehead atoms. The Balaban J connectivity index is 2.20. The third kappa shape index (κ3) is 3.68. The Morgan fingerprint density at radius 1 is 1.43 bits per heavy atom. The van der Waals surface area contributed by atoms with Crippen LogP contribution in [0.2, 0.25) is 5.02 Å². The summed E-state index contributed by atoms with van der Waals surface area (Å²) < 4.78 is 0. The highest BCUT2D eigenvalue weighted by Crippen LogP contribution is 2.23. The van der Waals surface area contributed by atoms with E-state index < -0.39 is 4.92 Å². The summed E-state index contributed by atoms with van der Waals surface area (Å²) in [6.07, 6.45) is 1.20. The van der Waals surface area contributed by atoms with E-state index in [4.69, 9.17) is 11.6 Å². The second-order valence-electron chi connectivity index (χ2n) is 4.54. The molecule has 1 unspecified atom stereocenters. The summed E-state index contributed by atoms with van der Waals surface area (Å²) in [5, 5.41) is 23.9. The number of aromatic nitrogens is 1. The van der Waals surface area contributed by atoms with Crippen LogP contribution < -0.4 is 5.32 Å². The molecule has 0 saturated carbocycles. The summed E-state index contributed by atoms with van der Waals surface area (Å²) in [6, 6.07) is 8.28. The molecule has 0 saturated heterocycles. The smallest absolute Gasteiger partial charge is 0.290 e. The number of aryl methyl sites for hydroxylation is 1. The van der Waals surface area contributed by atoms with Gasteiger partial charge in [-0.15, -0.1) is 0 Å². The van der Waals surface area contributed by atoms with Gasteiger partial charge < -0.3 is 10.4 Å². The highest BCUT2D eigenvalue weighted by molar-refractivity contribution is 6.30. The number of halogens is 1. The molecule has 6 nitrogen and oxygen atoms in total. The first-order chi connectivity index (χ1) is 10.0. The zero-order valence-electron chi connectivity index (χ0n) is 11.3. The third-order valence-electron chi connectivity index (χ3n) is 3.06. The van der Waals surface area contributed by atoms with Gasteiger partial charge in [-0.1, -0.05) is 23.7 Å². The summed E-state index contributed by atoms with van der Waals surface area (Å²) in [4.78, 5) is 14.3. The molecule has 1 heterocycles.